The van der Waals surface area contributed by atoms with E-state index >= 15 is 0 Å². The van der Waals surface area contributed by atoms with Crippen LogP contribution in [-0.2, 0) is 0 Å². The highest BCUT2D eigenvalue weighted by Crippen LogP contribution is 2.41. The van der Waals surface area contributed by atoms with Gasteiger partial charge in [0.05, 0.1) is 0 Å². The van der Waals surface area contributed by atoms with Crippen molar-refractivity contribution in [2.24, 2.45) is 11.8 Å². The highest BCUT2D eigenvalue weighted by molar-refractivity contribution is 5.23. The average Bonchev–Trinajstić information content (AvgIpc) is 2.79. The Balaban J connectivity index is 1.67. The summed E-state index contributed by atoms with van der Waals surface area (Å²) in [5.74, 6) is -1.64. The van der Waals surface area contributed by atoms with E-state index < -0.39 is 17.5 Å². The largest absolute Gasteiger partial charge is 0.204 e. The van der Waals surface area contributed by atoms with Crippen molar-refractivity contribution < 1.29 is 13.2 Å². The predicted molar refractivity (Wildman–Crippen MR) is 82.2 cm³/mol. The maximum absolute atomic E-state index is 13.4. The summed E-state index contributed by atoms with van der Waals surface area (Å²) in [6.45, 7) is 0. The lowest BCUT2D eigenvalue weighted by Gasteiger charge is -2.29. The van der Waals surface area contributed by atoms with Crippen LogP contribution in [0.3, 0.4) is 0 Å². The molecule has 0 saturated heterocycles. The van der Waals surface area contributed by atoms with Crippen molar-refractivity contribution in [3.05, 3.63) is 35.1 Å². The molecule has 2 unspecified atom stereocenters. The summed E-state index contributed by atoms with van der Waals surface area (Å²) in [4.78, 5) is 0. The molecule has 22 heavy (non-hydrogen) atoms. The Morgan fingerprint density at radius 1 is 0.636 bits per heavy atom. The molecular weight excluding hydrogens is 285 g/mol. The Morgan fingerprint density at radius 2 is 1.23 bits per heavy atom. The number of halogens is 3. The van der Waals surface area contributed by atoms with Crippen LogP contribution in [0, 0.1) is 29.3 Å². The summed E-state index contributed by atoms with van der Waals surface area (Å²) in [5, 5.41) is 0. The minimum atomic E-state index is -1.35. The Labute approximate surface area is 131 Å². The van der Waals surface area contributed by atoms with Crippen LogP contribution in [0.15, 0.2) is 12.1 Å². The van der Waals surface area contributed by atoms with Crippen LogP contribution in [0.4, 0.5) is 13.2 Å². The third kappa shape index (κ3) is 3.49. The summed E-state index contributed by atoms with van der Waals surface area (Å²) in [6.07, 6.45) is 12.3. The summed E-state index contributed by atoms with van der Waals surface area (Å²) >= 11 is 0. The summed E-state index contributed by atoms with van der Waals surface area (Å²) in [7, 11) is 0. The molecule has 0 aromatic heterocycles. The van der Waals surface area contributed by atoms with Gasteiger partial charge in [0.15, 0.2) is 17.5 Å². The minimum Gasteiger partial charge on any atom is -0.204 e. The molecule has 2 saturated carbocycles. The second kappa shape index (κ2) is 7.06. The first-order valence-electron chi connectivity index (χ1n) is 8.79. The summed E-state index contributed by atoms with van der Waals surface area (Å²) in [6, 6.07) is 2.40. The standard InChI is InChI=1S/C19H25F3/c20-17-11-16(12-18(21)19(17)22)15-8-4-7-14(9-10-15)13-5-2-1-3-6-13/h11-15H,1-10H2. The van der Waals surface area contributed by atoms with Crippen LogP contribution >= 0.6 is 0 Å². The van der Waals surface area contributed by atoms with Crippen molar-refractivity contribution in [1.82, 2.24) is 0 Å². The zero-order valence-corrected chi connectivity index (χ0v) is 13.1. The number of hydrogen-bond donors (Lipinski definition) is 0. The van der Waals surface area contributed by atoms with Crippen molar-refractivity contribution in [1.29, 1.82) is 0 Å². The van der Waals surface area contributed by atoms with Crippen molar-refractivity contribution >= 4 is 0 Å². The van der Waals surface area contributed by atoms with Crippen LogP contribution in [0.25, 0.3) is 0 Å². The zero-order valence-electron chi connectivity index (χ0n) is 13.1. The molecule has 3 rings (SSSR count). The molecule has 0 aliphatic heterocycles. The third-order valence-electron chi connectivity index (χ3n) is 5.81. The van der Waals surface area contributed by atoms with Crippen LogP contribution in [-0.4, -0.2) is 0 Å². The molecule has 0 radical (unpaired) electrons. The van der Waals surface area contributed by atoms with Gasteiger partial charge in [0.2, 0.25) is 0 Å². The van der Waals surface area contributed by atoms with Gasteiger partial charge in [-0.05, 0) is 54.7 Å². The van der Waals surface area contributed by atoms with Crippen LogP contribution < -0.4 is 0 Å². The van der Waals surface area contributed by atoms with Gasteiger partial charge in [-0.15, -0.1) is 0 Å². The highest BCUT2D eigenvalue weighted by Gasteiger charge is 2.28. The molecule has 0 bridgehead atoms. The molecule has 3 heteroatoms. The highest BCUT2D eigenvalue weighted by atomic mass is 19.2. The fourth-order valence-electron chi connectivity index (χ4n) is 4.55. The van der Waals surface area contributed by atoms with Gasteiger partial charge in [-0.3, -0.25) is 0 Å². The zero-order chi connectivity index (χ0) is 15.5. The molecule has 1 aromatic rings. The van der Waals surface area contributed by atoms with E-state index in [2.05, 4.69) is 0 Å². The van der Waals surface area contributed by atoms with Gasteiger partial charge in [0.25, 0.3) is 0 Å². The van der Waals surface area contributed by atoms with E-state index in [0.717, 1.165) is 37.5 Å². The Kier molecular flexibility index (Phi) is 5.10. The maximum atomic E-state index is 13.4. The van der Waals surface area contributed by atoms with Crippen LogP contribution in [0.1, 0.15) is 75.7 Å². The van der Waals surface area contributed by atoms with Crippen LogP contribution in [0.2, 0.25) is 0 Å². The molecule has 0 heterocycles. The molecule has 122 valence electrons. The van der Waals surface area contributed by atoms with Gasteiger partial charge < -0.3 is 0 Å². The van der Waals surface area contributed by atoms with Gasteiger partial charge >= 0.3 is 0 Å². The van der Waals surface area contributed by atoms with Crippen molar-refractivity contribution in [2.75, 3.05) is 0 Å². The van der Waals surface area contributed by atoms with E-state index in [4.69, 9.17) is 0 Å². The fraction of sp³-hybridized carbons (Fsp3) is 0.684. The normalized spacial score (nSPS) is 27.6. The van der Waals surface area contributed by atoms with Crippen molar-refractivity contribution in [3.63, 3.8) is 0 Å². The maximum Gasteiger partial charge on any atom is 0.194 e. The first kappa shape index (κ1) is 15.9. The lowest BCUT2D eigenvalue weighted by Crippen LogP contribution is -2.17. The second-order valence-electron chi connectivity index (χ2n) is 7.16. The first-order valence-corrected chi connectivity index (χ1v) is 8.79. The molecule has 2 aliphatic rings. The molecule has 0 spiro atoms. The summed E-state index contributed by atoms with van der Waals surface area (Å²) < 4.78 is 40.0. The molecule has 2 atom stereocenters. The average molecular weight is 310 g/mol. The Morgan fingerprint density at radius 3 is 1.91 bits per heavy atom. The number of rotatable bonds is 2. The quantitative estimate of drug-likeness (QED) is 0.441. The Hall–Kier alpha value is -0.990. The van der Waals surface area contributed by atoms with E-state index in [1.54, 1.807) is 0 Å². The Bertz CT molecular complexity index is 482. The smallest absolute Gasteiger partial charge is 0.194 e. The molecule has 0 amide bonds. The fourth-order valence-corrected chi connectivity index (χ4v) is 4.55. The SMILES string of the molecule is Fc1cc(C2CCCC(C3CCCCC3)CC2)cc(F)c1F. The van der Waals surface area contributed by atoms with Gasteiger partial charge in [0.1, 0.15) is 0 Å². The molecule has 2 aliphatic carbocycles. The lowest BCUT2D eigenvalue weighted by molar-refractivity contribution is 0.226. The van der Waals surface area contributed by atoms with Gasteiger partial charge in [-0.2, -0.15) is 0 Å². The molecule has 1 aromatic carbocycles. The van der Waals surface area contributed by atoms with E-state index in [9.17, 15) is 13.2 Å². The lowest BCUT2D eigenvalue weighted by atomic mass is 9.76. The molecule has 0 N–H and O–H groups in total. The number of benzene rings is 1. The number of hydrogen-bond acceptors (Lipinski definition) is 0. The van der Waals surface area contributed by atoms with E-state index in [1.165, 1.54) is 50.7 Å². The molecule has 2 fully saturated rings. The van der Waals surface area contributed by atoms with E-state index in [0.29, 0.717) is 5.56 Å². The van der Waals surface area contributed by atoms with Gasteiger partial charge in [-0.1, -0.05) is 44.9 Å². The topological polar surface area (TPSA) is 0 Å². The molecular formula is C19H25F3. The predicted octanol–water partition coefficient (Wildman–Crippen LogP) is 6.35. The van der Waals surface area contributed by atoms with E-state index in [1.807, 2.05) is 0 Å². The monoisotopic (exact) mass is 310 g/mol. The second-order valence-corrected chi connectivity index (χ2v) is 7.16. The first-order chi connectivity index (χ1) is 10.6. The van der Waals surface area contributed by atoms with Gasteiger partial charge in [0, 0.05) is 0 Å². The molecule has 0 nitrogen and oxygen atoms in total. The minimum absolute atomic E-state index is 0.179. The van der Waals surface area contributed by atoms with Crippen LogP contribution in [0.5, 0.6) is 0 Å². The van der Waals surface area contributed by atoms with Crippen molar-refractivity contribution in [3.8, 4) is 0 Å². The summed E-state index contributed by atoms with van der Waals surface area (Å²) in [5.41, 5.74) is 0.640. The third-order valence-corrected chi connectivity index (χ3v) is 5.81. The van der Waals surface area contributed by atoms with E-state index in [-0.39, 0.29) is 5.92 Å². The van der Waals surface area contributed by atoms with Gasteiger partial charge in [-0.25, -0.2) is 13.2 Å². The van der Waals surface area contributed by atoms with Crippen molar-refractivity contribution in [2.45, 2.75) is 70.1 Å².